The highest BCUT2D eigenvalue weighted by Gasteiger charge is 2.31. The molecule has 1 radical (unpaired) electrons. The molecule has 8 heteroatoms. The number of rotatable bonds is 11. The van der Waals surface area contributed by atoms with Gasteiger partial charge in [0.1, 0.15) is 28.7 Å². The third-order valence-electron chi connectivity index (χ3n) is 4.72. The van der Waals surface area contributed by atoms with Crippen LogP contribution in [0.15, 0.2) is 16.9 Å². The predicted octanol–water partition coefficient (Wildman–Crippen LogP) is 4.94. The predicted molar refractivity (Wildman–Crippen MR) is 114 cm³/mol. The summed E-state index contributed by atoms with van der Waals surface area (Å²) in [5, 5.41) is 8.74. The Balaban J connectivity index is 1.78. The molecule has 0 spiro atoms. The molecular weight excluding hydrogens is 434 g/mol. The van der Waals surface area contributed by atoms with Crippen LogP contribution < -0.4 is 0 Å². The first-order valence-corrected chi connectivity index (χ1v) is 13.4. The van der Waals surface area contributed by atoms with Crippen molar-refractivity contribution in [2.24, 2.45) is 0 Å². The molecule has 2 aromatic heterocycles. The fourth-order valence-corrected chi connectivity index (χ4v) is 4.58. The van der Waals surface area contributed by atoms with Crippen LogP contribution in [0.1, 0.15) is 49.7 Å². The van der Waals surface area contributed by atoms with Crippen molar-refractivity contribution >= 4 is 24.7 Å². The molecule has 0 aliphatic heterocycles. The van der Waals surface area contributed by atoms with Gasteiger partial charge < -0.3 is 9.30 Å². The second-order valence-corrected chi connectivity index (χ2v) is 11.2. The van der Waals surface area contributed by atoms with Crippen molar-refractivity contribution in [3.63, 3.8) is 0 Å². The van der Waals surface area contributed by atoms with E-state index < -0.39 is 0 Å². The molecule has 2 aromatic rings. The smallest absolute Gasteiger partial charge is 0.134 e. The third-order valence-corrected chi connectivity index (χ3v) is 6.63. The van der Waals surface area contributed by atoms with Crippen molar-refractivity contribution in [3.8, 4) is 17.5 Å². The lowest BCUT2D eigenvalue weighted by Gasteiger charge is -2.13. The molecule has 1 aliphatic rings. The van der Waals surface area contributed by atoms with Gasteiger partial charge in [-0.15, -0.1) is 0 Å². The largest absolute Gasteiger partial charge is 0.361 e. The Kier molecular flexibility index (Phi) is 7.77. The Morgan fingerprint density at radius 1 is 1.32 bits per heavy atom. The summed E-state index contributed by atoms with van der Waals surface area (Å²) in [6.07, 6.45) is 7.27. The zero-order valence-electron chi connectivity index (χ0n) is 16.6. The molecule has 0 amide bonds. The van der Waals surface area contributed by atoms with E-state index in [-0.39, 0.29) is 8.80 Å². The maximum Gasteiger partial charge on any atom is 0.134 e. The Hall–Kier alpha value is -1.56. The number of nitrogens with zero attached hydrogens (tertiary/aromatic N) is 5. The molecular formula is C20H27BrN5OSi. The highest BCUT2D eigenvalue weighted by molar-refractivity contribution is 9.10. The molecule has 3 rings (SSSR count). The average Bonchev–Trinajstić information content (AvgIpc) is 3.45. The van der Waals surface area contributed by atoms with E-state index in [1.165, 1.54) is 18.9 Å². The van der Waals surface area contributed by atoms with Crippen LogP contribution in [0, 0.1) is 11.3 Å². The van der Waals surface area contributed by atoms with Gasteiger partial charge in [0.15, 0.2) is 0 Å². The van der Waals surface area contributed by atoms with E-state index in [4.69, 9.17) is 20.0 Å². The van der Waals surface area contributed by atoms with Crippen LogP contribution >= 0.6 is 15.9 Å². The first-order valence-electron chi connectivity index (χ1n) is 9.92. The summed E-state index contributed by atoms with van der Waals surface area (Å²) < 4.78 is 9.00. The molecule has 0 aromatic carbocycles. The number of aromatic nitrogens is 4. The molecule has 149 valence electrons. The standard InChI is InChI=1S/C20H27BrN5OSi/c1-28(2)13-5-12-27-14-26-18(19(21)25-20(26)15-7-8-15)16-9-11-23-17(24-16)6-3-4-10-22/h9,11,15H,3-8,12-14H2,1-2H3. The van der Waals surface area contributed by atoms with Gasteiger partial charge in [0, 0.05) is 40.4 Å². The van der Waals surface area contributed by atoms with Gasteiger partial charge in [-0.25, -0.2) is 15.0 Å². The number of unbranched alkanes of at least 4 members (excludes halogenated alkanes) is 1. The maximum atomic E-state index is 8.74. The van der Waals surface area contributed by atoms with Crippen molar-refractivity contribution in [1.82, 2.24) is 19.5 Å². The number of ether oxygens (including phenoxy) is 1. The average molecular weight is 461 g/mol. The van der Waals surface area contributed by atoms with Crippen molar-refractivity contribution in [2.45, 2.75) is 70.3 Å². The van der Waals surface area contributed by atoms with Gasteiger partial charge in [-0.1, -0.05) is 19.1 Å². The van der Waals surface area contributed by atoms with E-state index in [1.807, 2.05) is 6.07 Å². The summed E-state index contributed by atoms with van der Waals surface area (Å²) in [6.45, 7) is 5.95. The van der Waals surface area contributed by atoms with Gasteiger partial charge in [0.25, 0.3) is 0 Å². The van der Waals surface area contributed by atoms with Crippen LogP contribution in [-0.4, -0.2) is 34.9 Å². The Labute approximate surface area is 177 Å². The molecule has 1 fully saturated rings. The van der Waals surface area contributed by atoms with Crippen LogP contribution in [0.25, 0.3) is 11.4 Å². The summed E-state index contributed by atoms with van der Waals surface area (Å²) in [5.74, 6) is 2.37. The summed E-state index contributed by atoms with van der Waals surface area (Å²) >= 11 is 3.64. The molecule has 28 heavy (non-hydrogen) atoms. The number of hydrogen-bond donors (Lipinski definition) is 0. The highest BCUT2D eigenvalue weighted by atomic mass is 79.9. The lowest BCUT2D eigenvalue weighted by molar-refractivity contribution is 0.0764. The van der Waals surface area contributed by atoms with E-state index in [1.54, 1.807) is 6.20 Å². The molecule has 0 N–H and O–H groups in total. The van der Waals surface area contributed by atoms with E-state index in [2.05, 4.69) is 44.6 Å². The second-order valence-electron chi connectivity index (χ2n) is 7.53. The zero-order chi connectivity index (χ0) is 19.9. The number of hydrogen-bond acceptors (Lipinski definition) is 5. The molecule has 1 aliphatic carbocycles. The van der Waals surface area contributed by atoms with Crippen LogP contribution in [0.2, 0.25) is 19.1 Å². The molecule has 6 nitrogen and oxygen atoms in total. The van der Waals surface area contributed by atoms with Crippen molar-refractivity contribution in [2.75, 3.05) is 6.61 Å². The first-order chi connectivity index (χ1) is 13.6. The normalized spacial score (nSPS) is 13.8. The van der Waals surface area contributed by atoms with E-state index in [0.29, 0.717) is 25.5 Å². The van der Waals surface area contributed by atoms with E-state index in [0.717, 1.165) is 47.1 Å². The fraction of sp³-hybridized carbons (Fsp3) is 0.600. The Bertz CT molecular complexity index is 828. The summed E-state index contributed by atoms with van der Waals surface area (Å²) in [4.78, 5) is 13.9. The highest BCUT2D eigenvalue weighted by Crippen LogP contribution is 2.42. The first kappa shape index (κ1) is 21.2. The van der Waals surface area contributed by atoms with Crippen LogP contribution in [0.5, 0.6) is 0 Å². The van der Waals surface area contributed by atoms with Crippen LogP contribution in [-0.2, 0) is 17.9 Å². The number of imidazole rings is 1. The van der Waals surface area contributed by atoms with Gasteiger partial charge in [-0.2, -0.15) is 5.26 Å². The minimum absolute atomic E-state index is 0.195. The van der Waals surface area contributed by atoms with Crippen molar-refractivity contribution in [3.05, 3.63) is 28.5 Å². The third kappa shape index (κ3) is 5.72. The summed E-state index contributed by atoms with van der Waals surface area (Å²) in [5.41, 5.74) is 1.81. The van der Waals surface area contributed by atoms with Crippen molar-refractivity contribution in [1.29, 1.82) is 5.26 Å². The van der Waals surface area contributed by atoms with Crippen LogP contribution in [0.3, 0.4) is 0 Å². The molecule has 0 unspecified atom stereocenters. The van der Waals surface area contributed by atoms with Gasteiger partial charge in [0.05, 0.1) is 11.8 Å². The Morgan fingerprint density at radius 2 is 2.14 bits per heavy atom. The zero-order valence-corrected chi connectivity index (χ0v) is 19.2. The minimum Gasteiger partial charge on any atom is -0.361 e. The topological polar surface area (TPSA) is 76.6 Å². The molecule has 0 atom stereocenters. The van der Waals surface area contributed by atoms with Gasteiger partial charge >= 0.3 is 0 Å². The second kappa shape index (κ2) is 10.3. The lowest BCUT2D eigenvalue weighted by Crippen LogP contribution is -2.11. The monoisotopic (exact) mass is 460 g/mol. The molecule has 1 saturated carbocycles. The quantitative estimate of drug-likeness (QED) is 0.350. The summed E-state index contributed by atoms with van der Waals surface area (Å²) in [7, 11) is -0.195. The van der Waals surface area contributed by atoms with Crippen molar-refractivity contribution < 1.29 is 4.74 Å². The minimum atomic E-state index is -0.195. The van der Waals surface area contributed by atoms with Gasteiger partial charge in [0.2, 0.25) is 0 Å². The number of halogens is 1. The van der Waals surface area contributed by atoms with Crippen LogP contribution in [0.4, 0.5) is 0 Å². The molecule has 2 heterocycles. The maximum absolute atomic E-state index is 8.74. The lowest BCUT2D eigenvalue weighted by atomic mass is 10.2. The fourth-order valence-electron chi connectivity index (χ4n) is 3.13. The van der Waals surface area contributed by atoms with Gasteiger partial charge in [-0.05, 0) is 47.7 Å². The number of nitriles is 1. The molecule has 0 saturated heterocycles. The SMILES string of the molecule is C[Si](C)CCCOCn1c(C2CC2)nc(Br)c1-c1ccnc(CCCC#N)n1. The number of aryl methyl sites for hydroxylation is 1. The Morgan fingerprint density at radius 3 is 2.86 bits per heavy atom. The molecule has 0 bridgehead atoms. The summed E-state index contributed by atoms with van der Waals surface area (Å²) in [6, 6.07) is 5.37. The van der Waals surface area contributed by atoms with E-state index >= 15 is 0 Å². The van der Waals surface area contributed by atoms with E-state index in [9.17, 15) is 0 Å². The van der Waals surface area contributed by atoms with Gasteiger partial charge in [-0.3, -0.25) is 0 Å².